The van der Waals surface area contributed by atoms with E-state index in [1.54, 1.807) is 0 Å². The van der Waals surface area contributed by atoms with Gasteiger partial charge in [0.15, 0.2) is 17.5 Å². The normalized spacial score (nSPS) is 12.7. The predicted octanol–water partition coefficient (Wildman–Crippen LogP) is 13.3. The Kier molecular flexibility index (Phi) is 8.09. The van der Waals surface area contributed by atoms with Crippen LogP contribution in [0.3, 0.4) is 0 Å². The van der Waals surface area contributed by atoms with Crippen LogP contribution in [0.15, 0.2) is 188 Å². The Balaban J connectivity index is 1.08. The highest BCUT2D eigenvalue weighted by atomic mass is 15.0. The fraction of sp³-hybridized carbons (Fsp3) is 0.0556. The molecule has 59 heavy (non-hydrogen) atoms. The summed E-state index contributed by atoms with van der Waals surface area (Å²) in [6.45, 7) is 4.64. The van der Waals surface area contributed by atoms with E-state index in [0.717, 1.165) is 71.9 Å². The molecule has 0 unspecified atom stereocenters. The second kappa shape index (κ2) is 13.8. The maximum Gasteiger partial charge on any atom is 0.164 e. The number of rotatable bonds is 6. The minimum atomic E-state index is -0.0739. The summed E-state index contributed by atoms with van der Waals surface area (Å²) in [6.07, 6.45) is 3.71. The van der Waals surface area contributed by atoms with Gasteiger partial charge < -0.3 is 0 Å². The van der Waals surface area contributed by atoms with Gasteiger partial charge in [-0.15, -0.1) is 0 Å². The summed E-state index contributed by atoms with van der Waals surface area (Å²) in [5.74, 6) is 1.89. The first-order valence-corrected chi connectivity index (χ1v) is 20.0. The molecule has 3 aromatic heterocycles. The lowest BCUT2D eigenvalue weighted by molar-refractivity contribution is 0.660. The summed E-state index contributed by atoms with van der Waals surface area (Å²) in [5, 5.41) is 2.16. The van der Waals surface area contributed by atoms with Gasteiger partial charge in [0.2, 0.25) is 0 Å². The number of aromatic nitrogens is 5. The Labute approximate surface area is 342 Å². The third-order valence-corrected chi connectivity index (χ3v) is 11.8. The first-order chi connectivity index (χ1) is 29.0. The molecule has 0 N–H and O–H groups in total. The van der Waals surface area contributed by atoms with Gasteiger partial charge in [-0.25, -0.2) is 15.0 Å². The van der Waals surface area contributed by atoms with Crippen molar-refractivity contribution in [3.05, 3.63) is 199 Å². The predicted molar refractivity (Wildman–Crippen MR) is 241 cm³/mol. The zero-order chi connectivity index (χ0) is 39.5. The Bertz CT molecular complexity index is 3170. The highest BCUT2D eigenvalue weighted by Gasteiger charge is 2.35. The van der Waals surface area contributed by atoms with Crippen LogP contribution in [0.2, 0.25) is 0 Å². The lowest BCUT2D eigenvalue weighted by Gasteiger charge is -2.21. The van der Waals surface area contributed by atoms with Gasteiger partial charge in [0, 0.05) is 45.3 Å². The van der Waals surface area contributed by atoms with E-state index in [-0.39, 0.29) is 5.41 Å². The van der Waals surface area contributed by atoms with Crippen LogP contribution >= 0.6 is 0 Å². The highest BCUT2D eigenvalue weighted by molar-refractivity contribution is 6.08. The molecule has 0 saturated carbocycles. The molecular weight excluding hydrogens is 719 g/mol. The van der Waals surface area contributed by atoms with Crippen molar-refractivity contribution in [1.29, 1.82) is 0 Å². The average molecular weight is 756 g/mol. The van der Waals surface area contributed by atoms with E-state index in [9.17, 15) is 0 Å². The zero-order valence-electron chi connectivity index (χ0n) is 32.6. The number of hydrogen-bond donors (Lipinski definition) is 0. The molecule has 0 spiro atoms. The summed E-state index contributed by atoms with van der Waals surface area (Å²) in [7, 11) is 0. The van der Waals surface area contributed by atoms with Gasteiger partial charge in [0.1, 0.15) is 0 Å². The van der Waals surface area contributed by atoms with E-state index in [0.29, 0.717) is 17.5 Å². The number of fused-ring (bicyclic) bond motifs is 6. The molecule has 3 heterocycles. The summed E-state index contributed by atoms with van der Waals surface area (Å²) in [4.78, 5) is 24.7. The van der Waals surface area contributed by atoms with Gasteiger partial charge in [-0.1, -0.05) is 153 Å². The molecule has 1 aliphatic rings. The van der Waals surface area contributed by atoms with Crippen LogP contribution in [0, 0.1) is 0 Å². The van der Waals surface area contributed by atoms with E-state index in [4.69, 9.17) is 19.9 Å². The van der Waals surface area contributed by atoms with Crippen molar-refractivity contribution < 1.29 is 0 Å². The standard InChI is InChI=1S/C54H37N5/c1-54(2)47-18-10-9-17-44(47)46-33-39(24-26-48(46)54)41-30-40(34-19-21-35(22-20-34)43-27-29-56-50-45(43)25-23-36-16-11-28-55-49(36)50)31-42(32-41)53-58-51(37-12-5-3-6-13-37)57-52(59-53)38-14-7-4-8-15-38/h3-33H,1-2H3. The fourth-order valence-electron chi connectivity index (χ4n) is 8.78. The quantitative estimate of drug-likeness (QED) is 0.158. The molecule has 11 rings (SSSR count). The van der Waals surface area contributed by atoms with Crippen LogP contribution in [0.1, 0.15) is 25.0 Å². The smallest absolute Gasteiger partial charge is 0.164 e. The van der Waals surface area contributed by atoms with Gasteiger partial charge in [0.25, 0.3) is 0 Å². The second-order valence-corrected chi connectivity index (χ2v) is 15.7. The molecule has 0 aliphatic heterocycles. The Morgan fingerprint density at radius 2 is 0.915 bits per heavy atom. The molecule has 5 heteroatoms. The minimum Gasteiger partial charge on any atom is -0.254 e. The van der Waals surface area contributed by atoms with Crippen molar-refractivity contribution in [1.82, 2.24) is 24.9 Å². The molecule has 10 aromatic rings. The Morgan fingerprint density at radius 3 is 1.64 bits per heavy atom. The fourth-order valence-corrected chi connectivity index (χ4v) is 8.78. The van der Waals surface area contributed by atoms with Crippen molar-refractivity contribution >= 4 is 21.8 Å². The third-order valence-electron chi connectivity index (χ3n) is 11.8. The average Bonchev–Trinajstić information content (AvgIpc) is 3.54. The van der Waals surface area contributed by atoms with Gasteiger partial charge >= 0.3 is 0 Å². The molecule has 0 bridgehead atoms. The molecule has 5 nitrogen and oxygen atoms in total. The Hall–Kier alpha value is -7.63. The SMILES string of the molecule is CC1(C)c2ccccc2-c2cc(-c3cc(-c4ccc(-c5ccnc6c5ccc5cccnc56)cc4)cc(-c4nc(-c5ccccc5)nc(-c5ccccc5)n4)c3)ccc21. The van der Waals surface area contributed by atoms with E-state index in [1.807, 2.05) is 79.1 Å². The molecule has 0 radical (unpaired) electrons. The molecule has 7 aromatic carbocycles. The summed E-state index contributed by atoms with van der Waals surface area (Å²) >= 11 is 0. The van der Waals surface area contributed by atoms with Crippen LogP contribution < -0.4 is 0 Å². The van der Waals surface area contributed by atoms with E-state index >= 15 is 0 Å². The summed E-state index contributed by atoms with van der Waals surface area (Å²) < 4.78 is 0. The molecule has 1 aliphatic carbocycles. The van der Waals surface area contributed by atoms with Gasteiger partial charge in [-0.05, 0) is 92.0 Å². The molecular formula is C54H37N5. The minimum absolute atomic E-state index is 0.0739. The maximum absolute atomic E-state index is 5.15. The van der Waals surface area contributed by atoms with E-state index in [2.05, 4.69) is 128 Å². The van der Waals surface area contributed by atoms with E-state index < -0.39 is 0 Å². The van der Waals surface area contributed by atoms with Crippen LogP contribution in [-0.4, -0.2) is 24.9 Å². The van der Waals surface area contributed by atoms with Crippen molar-refractivity contribution in [2.45, 2.75) is 19.3 Å². The van der Waals surface area contributed by atoms with Crippen LogP contribution in [0.5, 0.6) is 0 Å². The lowest BCUT2D eigenvalue weighted by Crippen LogP contribution is -2.14. The van der Waals surface area contributed by atoms with Crippen molar-refractivity contribution in [2.75, 3.05) is 0 Å². The first-order valence-electron chi connectivity index (χ1n) is 20.0. The first kappa shape index (κ1) is 34.6. The van der Waals surface area contributed by atoms with Crippen molar-refractivity contribution in [3.8, 4) is 78.7 Å². The molecule has 0 amide bonds. The summed E-state index contributed by atoms with van der Waals surface area (Å²) in [6, 6.07) is 62.0. The third kappa shape index (κ3) is 5.98. The topological polar surface area (TPSA) is 64.5 Å². The maximum atomic E-state index is 5.15. The lowest BCUT2D eigenvalue weighted by atomic mass is 9.82. The molecule has 0 saturated heterocycles. The van der Waals surface area contributed by atoms with Gasteiger partial charge in [0.05, 0.1) is 11.0 Å². The number of nitrogens with zero attached hydrogens (tertiary/aromatic N) is 5. The molecule has 0 fully saturated rings. The van der Waals surface area contributed by atoms with Crippen LogP contribution in [0.4, 0.5) is 0 Å². The monoisotopic (exact) mass is 755 g/mol. The summed E-state index contributed by atoms with van der Waals surface area (Å²) in [5.41, 5.74) is 16.5. The number of benzene rings is 7. The van der Waals surface area contributed by atoms with Crippen LogP contribution in [0.25, 0.3) is 100 Å². The molecule has 0 atom stereocenters. The van der Waals surface area contributed by atoms with Gasteiger partial charge in [-0.3, -0.25) is 9.97 Å². The molecule has 278 valence electrons. The van der Waals surface area contributed by atoms with Crippen molar-refractivity contribution in [2.24, 2.45) is 0 Å². The van der Waals surface area contributed by atoms with Crippen molar-refractivity contribution in [3.63, 3.8) is 0 Å². The van der Waals surface area contributed by atoms with E-state index in [1.165, 1.54) is 22.3 Å². The Morgan fingerprint density at radius 1 is 0.339 bits per heavy atom. The second-order valence-electron chi connectivity index (χ2n) is 15.7. The van der Waals surface area contributed by atoms with Gasteiger partial charge in [-0.2, -0.15) is 0 Å². The number of pyridine rings is 2. The zero-order valence-corrected chi connectivity index (χ0v) is 32.6. The van der Waals surface area contributed by atoms with Crippen LogP contribution in [-0.2, 0) is 5.41 Å². The highest BCUT2D eigenvalue weighted by Crippen LogP contribution is 2.50. The number of hydrogen-bond acceptors (Lipinski definition) is 5. The largest absolute Gasteiger partial charge is 0.254 e.